The van der Waals surface area contributed by atoms with Gasteiger partial charge in [0.2, 0.25) is 0 Å². The highest BCUT2D eigenvalue weighted by Gasteiger charge is 2.16. The number of rotatable bonds is 32. The Bertz CT molecular complexity index is 942. The standard InChI is InChI=1S/C42H66O7/c1-5-9-31-43-39(44-32-10-6-2)27-19-21-29-41(47-35-37-23-15-13-16-24-37)49-42(48-36-38-25-17-14-18-26-38)30-22-20-28-40(45-33-11-7-3)46-34-12-8-4/h13-18,21-26,29-30,39-42H,5-12,19-20,27-28,31-36H2,1-4H3. The molecule has 0 saturated carbocycles. The summed E-state index contributed by atoms with van der Waals surface area (Å²) in [5.41, 5.74) is 2.15. The van der Waals surface area contributed by atoms with Crippen molar-refractivity contribution in [1.29, 1.82) is 0 Å². The Kier molecular flexibility index (Phi) is 26.6. The summed E-state index contributed by atoms with van der Waals surface area (Å²) in [4.78, 5) is 0. The van der Waals surface area contributed by atoms with Crippen LogP contribution in [0.2, 0.25) is 0 Å². The van der Waals surface area contributed by atoms with E-state index < -0.39 is 12.6 Å². The lowest BCUT2D eigenvalue weighted by atomic mass is 10.2. The Balaban J connectivity index is 2.11. The third-order valence-electron chi connectivity index (χ3n) is 7.71. The molecule has 0 aliphatic carbocycles. The summed E-state index contributed by atoms with van der Waals surface area (Å²) < 4.78 is 43.3. The van der Waals surface area contributed by atoms with Crippen LogP contribution in [-0.2, 0) is 46.4 Å². The lowest BCUT2D eigenvalue weighted by Gasteiger charge is -2.22. The van der Waals surface area contributed by atoms with Gasteiger partial charge in [-0.2, -0.15) is 0 Å². The first-order valence-corrected chi connectivity index (χ1v) is 18.9. The van der Waals surface area contributed by atoms with Crippen molar-refractivity contribution in [2.24, 2.45) is 0 Å². The second kappa shape index (κ2) is 30.5. The highest BCUT2D eigenvalue weighted by Crippen LogP contribution is 2.15. The maximum absolute atomic E-state index is 6.48. The molecule has 276 valence electrons. The summed E-state index contributed by atoms with van der Waals surface area (Å²) >= 11 is 0. The average Bonchev–Trinajstić information content (AvgIpc) is 3.13. The van der Waals surface area contributed by atoms with Gasteiger partial charge in [-0.1, -0.05) is 126 Å². The first-order chi connectivity index (χ1) is 24.2. The van der Waals surface area contributed by atoms with Crippen molar-refractivity contribution in [1.82, 2.24) is 0 Å². The number of unbranched alkanes of at least 4 members (excludes halogenated alkanes) is 4. The van der Waals surface area contributed by atoms with Gasteiger partial charge >= 0.3 is 0 Å². The molecule has 0 amide bonds. The molecule has 0 N–H and O–H groups in total. The van der Waals surface area contributed by atoms with Gasteiger partial charge in [0.15, 0.2) is 25.2 Å². The smallest absolute Gasteiger partial charge is 0.180 e. The van der Waals surface area contributed by atoms with Gasteiger partial charge in [0.1, 0.15) is 0 Å². The minimum atomic E-state index is -0.617. The van der Waals surface area contributed by atoms with Crippen LogP contribution >= 0.6 is 0 Å². The fraction of sp³-hybridized carbons (Fsp3) is 0.619. The first-order valence-electron chi connectivity index (χ1n) is 18.9. The zero-order valence-corrected chi connectivity index (χ0v) is 31.0. The normalized spacial score (nSPS) is 13.3. The molecule has 0 radical (unpaired) electrons. The van der Waals surface area contributed by atoms with Crippen molar-refractivity contribution in [2.45, 2.75) is 143 Å². The lowest BCUT2D eigenvalue weighted by Crippen LogP contribution is -2.24. The summed E-state index contributed by atoms with van der Waals surface area (Å²) in [6, 6.07) is 20.3. The molecule has 2 aromatic carbocycles. The van der Waals surface area contributed by atoms with Crippen LogP contribution in [0.5, 0.6) is 0 Å². The van der Waals surface area contributed by atoms with Crippen LogP contribution in [0.15, 0.2) is 85.0 Å². The van der Waals surface area contributed by atoms with Gasteiger partial charge in [0, 0.05) is 39.3 Å². The third kappa shape index (κ3) is 22.9. The predicted molar refractivity (Wildman–Crippen MR) is 199 cm³/mol. The van der Waals surface area contributed by atoms with Crippen LogP contribution in [0.3, 0.4) is 0 Å². The van der Waals surface area contributed by atoms with Gasteiger partial charge < -0.3 is 33.2 Å². The minimum Gasteiger partial charge on any atom is -0.353 e. The molecule has 2 rings (SSSR count). The molecule has 0 heterocycles. The maximum Gasteiger partial charge on any atom is 0.180 e. The predicted octanol–water partition coefficient (Wildman–Crippen LogP) is 10.7. The topological polar surface area (TPSA) is 64.6 Å². The van der Waals surface area contributed by atoms with Crippen LogP contribution < -0.4 is 0 Å². The summed E-state index contributed by atoms with van der Waals surface area (Å²) in [5.74, 6) is 0. The van der Waals surface area contributed by atoms with Crippen LogP contribution in [0.4, 0.5) is 0 Å². The Labute approximate surface area is 298 Å². The van der Waals surface area contributed by atoms with Crippen molar-refractivity contribution < 1.29 is 33.2 Å². The molecule has 7 heteroatoms. The van der Waals surface area contributed by atoms with Gasteiger partial charge in [0.25, 0.3) is 0 Å². The summed E-state index contributed by atoms with van der Waals surface area (Å²) in [5, 5.41) is 0. The number of benzene rings is 2. The van der Waals surface area contributed by atoms with E-state index in [-0.39, 0.29) is 12.6 Å². The van der Waals surface area contributed by atoms with Crippen LogP contribution in [0.25, 0.3) is 0 Å². The van der Waals surface area contributed by atoms with Gasteiger partial charge in [-0.15, -0.1) is 0 Å². The van der Waals surface area contributed by atoms with E-state index in [2.05, 4.69) is 64.1 Å². The molecule has 0 aromatic heterocycles. The zero-order valence-electron chi connectivity index (χ0n) is 31.0. The summed E-state index contributed by atoms with van der Waals surface area (Å²) in [6.07, 6.45) is 18.1. The molecule has 0 spiro atoms. The molecular formula is C42H66O7. The van der Waals surface area contributed by atoms with Crippen molar-refractivity contribution in [3.8, 4) is 0 Å². The molecule has 2 aromatic rings. The Hall–Kier alpha value is -2.36. The van der Waals surface area contributed by atoms with Crippen LogP contribution in [0.1, 0.15) is 116 Å². The first kappa shape index (κ1) is 42.8. The quantitative estimate of drug-likeness (QED) is 0.0432. The monoisotopic (exact) mass is 682 g/mol. The van der Waals surface area contributed by atoms with Crippen LogP contribution in [-0.4, -0.2) is 51.6 Å². The van der Waals surface area contributed by atoms with E-state index in [9.17, 15) is 0 Å². The molecule has 2 atom stereocenters. The highest BCUT2D eigenvalue weighted by atomic mass is 16.8. The number of hydrogen-bond acceptors (Lipinski definition) is 7. The second-order valence-electron chi connectivity index (χ2n) is 12.2. The summed E-state index contributed by atoms with van der Waals surface area (Å²) in [7, 11) is 0. The molecular weight excluding hydrogens is 616 g/mol. The van der Waals surface area contributed by atoms with E-state index in [0.717, 1.165) is 88.2 Å². The zero-order chi connectivity index (χ0) is 35.0. The second-order valence-corrected chi connectivity index (χ2v) is 12.2. The average molecular weight is 683 g/mol. The van der Waals surface area contributed by atoms with Gasteiger partial charge in [-0.05, 0) is 61.8 Å². The third-order valence-corrected chi connectivity index (χ3v) is 7.71. The van der Waals surface area contributed by atoms with Crippen molar-refractivity contribution in [3.05, 3.63) is 96.1 Å². The molecule has 2 unspecified atom stereocenters. The number of ether oxygens (including phenoxy) is 7. The summed E-state index contributed by atoms with van der Waals surface area (Å²) in [6.45, 7) is 12.4. The van der Waals surface area contributed by atoms with E-state index in [4.69, 9.17) is 33.2 Å². The molecule has 0 saturated heterocycles. The Morgan fingerprint density at radius 3 is 1.14 bits per heavy atom. The molecule has 7 nitrogen and oxygen atoms in total. The fourth-order valence-corrected chi connectivity index (χ4v) is 4.66. The van der Waals surface area contributed by atoms with Crippen molar-refractivity contribution in [2.75, 3.05) is 26.4 Å². The highest BCUT2D eigenvalue weighted by molar-refractivity contribution is 5.14. The maximum atomic E-state index is 6.48. The number of allylic oxidation sites excluding steroid dienone is 2. The molecule has 49 heavy (non-hydrogen) atoms. The van der Waals surface area contributed by atoms with E-state index in [1.807, 2.05) is 48.6 Å². The van der Waals surface area contributed by atoms with Gasteiger partial charge in [-0.25, -0.2) is 0 Å². The Morgan fingerprint density at radius 1 is 0.469 bits per heavy atom. The largest absolute Gasteiger partial charge is 0.353 e. The van der Waals surface area contributed by atoms with E-state index in [0.29, 0.717) is 39.6 Å². The van der Waals surface area contributed by atoms with Crippen molar-refractivity contribution >= 4 is 0 Å². The lowest BCUT2D eigenvalue weighted by molar-refractivity contribution is -0.215. The van der Waals surface area contributed by atoms with Gasteiger partial charge in [0.05, 0.1) is 13.2 Å². The van der Waals surface area contributed by atoms with E-state index in [1.54, 1.807) is 0 Å². The van der Waals surface area contributed by atoms with Gasteiger partial charge in [-0.3, -0.25) is 0 Å². The molecule has 0 aliphatic heterocycles. The van der Waals surface area contributed by atoms with E-state index in [1.165, 1.54) is 0 Å². The van der Waals surface area contributed by atoms with Crippen molar-refractivity contribution in [3.63, 3.8) is 0 Å². The number of hydrogen-bond donors (Lipinski definition) is 0. The minimum absolute atomic E-state index is 0.210. The van der Waals surface area contributed by atoms with E-state index >= 15 is 0 Å². The molecule has 0 aliphatic rings. The van der Waals surface area contributed by atoms with Crippen LogP contribution in [0, 0.1) is 0 Å². The molecule has 0 fully saturated rings. The SMILES string of the molecule is CCCCOC(CCC=CC(OCc1ccccc1)OC(C=CCCC(OCCCC)OCCCC)OCc1ccccc1)OCCCC. The fourth-order valence-electron chi connectivity index (χ4n) is 4.66. The molecule has 0 bridgehead atoms. The Morgan fingerprint density at radius 2 is 0.816 bits per heavy atom.